The van der Waals surface area contributed by atoms with Crippen LogP contribution in [0.15, 0.2) is 72.8 Å². The van der Waals surface area contributed by atoms with E-state index in [4.69, 9.17) is 11.6 Å². The first kappa shape index (κ1) is 22.2. The minimum absolute atomic E-state index is 0.150. The molecular weight excluding hydrogens is 448 g/mol. The molecule has 1 unspecified atom stereocenters. The van der Waals surface area contributed by atoms with Crippen LogP contribution < -0.4 is 0 Å². The van der Waals surface area contributed by atoms with Gasteiger partial charge in [0.25, 0.3) is 17.4 Å². The Bertz CT molecular complexity index is 1240. The second-order valence-electron chi connectivity index (χ2n) is 7.47. The number of halogens is 1. The molecule has 1 saturated heterocycles. The number of aromatic nitrogens is 2. The number of carbonyl (C=O) groups is 2. The molecule has 9 nitrogen and oxygen atoms in total. The Morgan fingerprint density at radius 1 is 1.12 bits per heavy atom. The Hall–Kier alpha value is -3.98. The molecule has 3 aromatic rings. The summed E-state index contributed by atoms with van der Waals surface area (Å²) in [7, 11) is 0. The minimum atomic E-state index is -1.11. The predicted molar refractivity (Wildman–Crippen MR) is 120 cm³/mol. The van der Waals surface area contributed by atoms with Crippen LogP contribution in [0.1, 0.15) is 23.6 Å². The molecule has 33 heavy (non-hydrogen) atoms. The van der Waals surface area contributed by atoms with Crippen molar-refractivity contribution in [2.24, 2.45) is 0 Å². The molecule has 1 fully saturated rings. The van der Waals surface area contributed by atoms with E-state index >= 15 is 0 Å². The van der Waals surface area contributed by atoms with E-state index in [1.54, 1.807) is 24.8 Å². The molecule has 0 radical (unpaired) electrons. The number of hydrogen-bond donors (Lipinski definition) is 1. The highest BCUT2D eigenvalue weighted by Gasteiger charge is 2.47. The van der Waals surface area contributed by atoms with Crippen LogP contribution >= 0.6 is 11.6 Å². The quantitative estimate of drug-likeness (QED) is 0.185. The van der Waals surface area contributed by atoms with Crippen molar-refractivity contribution in [2.45, 2.75) is 19.0 Å². The maximum atomic E-state index is 13.0. The Morgan fingerprint density at radius 3 is 2.52 bits per heavy atom. The third-order valence-corrected chi connectivity index (χ3v) is 5.71. The minimum Gasteiger partial charge on any atom is -0.507 e. The number of nitrogens with zero attached hydrogens (tertiary/aromatic N) is 4. The number of rotatable bonds is 7. The van der Waals surface area contributed by atoms with E-state index in [-0.39, 0.29) is 28.9 Å². The first-order chi connectivity index (χ1) is 15.9. The molecule has 2 heterocycles. The molecule has 1 aromatic heterocycles. The number of imidazole rings is 1. The molecule has 4 rings (SSSR count). The van der Waals surface area contributed by atoms with Gasteiger partial charge in [-0.25, -0.2) is 4.98 Å². The van der Waals surface area contributed by atoms with Gasteiger partial charge in [-0.15, -0.1) is 0 Å². The van der Waals surface area contributed by atoms with Crippen molar-refractivity contribution >= 4 is 34.7 Å². The van der Waals surface area contributed by atoms with Crippen LogP contribution in [0.2, 0.25) is 5.02 Å². The summed E-state index contributed by atoms with van der Waals surface area (Å²) in [6.45, 7) is 0.681. The number of likely N-dealkylation sites (tertiary alicyclic amines) is 1. The summed E-state index contributed by atoms with van der Waals surface area (Å²) in [5, 5.41) is 23.2. The van der Waals surface area contributed by atoms with Crippen molar-refractivity contribution in [3.63, 3.8) is 0 Å². The standard InChI is InChI=1S/C23H19ClN4O5/c24-16-8-6-15(7-9-16)21(29)19-20(17-4-1-2-5-18(17)28(32)33)27(23(31)22(19)30)12-3-11-26-13-10-25-14-26/h1-2,4-10,13-14,20,29H,3,11-12H2/b21-19+. The lowest BCUT2D eigenvalue weighted by atomic mass is 9.94. The Morgan fingerprint density at radius 2 is 1.85 bits per heavy atom. The number of nitro benzene ring substituents is 1. The topological polar surface area (TPSA) is 119 Å². The van der Waals surface area contributed by atoms with Crippen LogP contribution in [0.4, 0.5) is 5.69 Å². The summed E-state index contributed by atoms with van der Waals surface area (Å²) >= 11 is 5.92. The van der Waals surface area contributed by atoms with E-state index in [1.807, 2.05) is 4.57 Å². The number of hydrogen-bond acceptors (Lipinski definition) is 6. The fraction of sp³-hybridized carbons (Fsp3) is 0.174. The Balaban J connectivity index is 1.80. The fourth-order valence-electron chi connectivity index (χ4n) is 3.92. The first-order valence-corrected chi connectivity index (χ1v) is 10.5. The van der Waals surface area contributed by atoms with Gasteiger partial charge in [0, 0.05) is 42.1 Å². The second-order valence-corrected chi connectivity index (χ2v) is 7.91. The van der Waals surface area contributed by atoms with Crippen molar-refractivity contribution in [1.29, 1.82) is 0 Å². The molecule has 1 N–H and O–H groups in total. The maximum absolute atomic E-state index is 13.0. The van der Waals surface area contributed by atoms with E-state index in [2.05, 4.69) is 4.98 Å². The van der Waals surface area contributed by atoms with Gasteiger partial charge in [0.2, 0.25) is 0 Å². The number of benzene rings is 2. The van der Waals surface area contributed by atoms with Crippen LogP contribution in [0.25, 0.3) is 5.76 Å². The summed E-state index contributed by atoms with van der Waals surface area (Å²) in [6.07, 6.45) is 5.51. The summed E-state index contributed by atoms with van der Waals surface area (Å²) in [6, 6.07) is 10.9. The van der Waals surface area contributed by atoms with E-state index < -0.39 is 28.4 Å². The molecule has 0 saturated carbocycles. The fourth-order valence-corrected chi connectivity index (χ4v) is 4.05. The lowest BCUT2D eigenvalue weighted by molar-refractivity contribution is -0.385. The largest absolute Gasteiger partial charge is 0.507 e. The highest BCUT2D eigenvalue weighted by molar-refractivity contribution is 6.46. The zero-order valence-electron chi connectivity index (χ0n) is 17.3. The highest BCUT2D eigenvalue weighted by Crippen LogP contribution is 2.42. The predicted octanol–water partition coefficient (Wildman–Crippen LogP) is 3.96. The van der Waals surface area contributed by atoms with Crippen molar-refractivity contribution in [1.82, 2.24) is 14.5 Å². The zero-order chi connectivity index (χ0) is 23.5. The van der Waals surface area contributed by atoms with Crippen molar-refractivity contribution in [3.8, 4) is 0 Å². The number of carbonyl (C=O) groups excluding carboxylic acids is 2. The van der Waals surface area contributed by atoms with Gasteiger partial charge >= 0.3 is 0 Å². The van der Waals surface area contributed by atoms with Crippen LogP contribution in [-0.2, 0) is 16.1 Å². The molecule has 1 aliphatic heterocycles. The highest BCUT2D eigenvalue weighted by atomic mass is 35.5. The molecular formula is C23H19ClN4O5. The molecule has 0 spiro atoms. The van der Waals surface area contributed by atoms with Gasteiger partial charge in [-0.2, -0.15) is 0 Å². The molecule has 1 aliphatic rings. The summed E-state index contributed by atoms with van der Waals surface area (Å²) in [5.74, 6) is -2.13. The van der Waals surface area contributed by atoms with Crippen LogP contribution in [0.5, 0.6) is 0 Å². The smallest absolute Gasteiger partial charge is 0.295 e. The van der Waals surface area contributed by atoms with E-state index in [1.165, 1.54) is 47.4 Å². The maximum Gasteiger partial charge on any atom is 0.295 e. The van der Waals surface area contributed by atoms with Crippen molar-refractivity contribution in [2.75, 3.05) is 6.54 Å². The molecule has 168 valence electrons. The molecule has 1 amide bonds. The zero-order valence-corrected chi connectivity index (χ0v) is 18.1. The first-order valence-electron chi connectivity index (χ1n) is 10.1. The molecule has 2 aromatic carbocycles. The normalized spacial score (nSPS) is 17.5. The number of amides is 1. The monoisotopic (exact) mass is 466 g/mol. The lowest BCUT2D eigenvalue weighted by Crippen LogP contribution is -2.31. The number of aryl methyl sites for hydroxylation is 1. The van der Waals surface area contributed by atoms with Crippen LogP contribution in [0, 0.1) is 10.1 Å². The van der Waals surface area contributed by atoms with Gasteiger partial charge < -0.3 is 14.6 Å². The average Bonchev–Trinajstić information content (AvgIpc) is 3.41. The Kier molecular flexibility index (Phi) is 6.23. The van der Waals surface area contributed by atoms with Gasteiger partial charge in [-0.1, -0.05) is 23.7 Å². The number of aliphatic hydroxyl groups excluding tert-OH is 1. The number of nitro groups is 1. The van der Waals surface area contributed by atoms with Crippen LogP contribution in [0.3, 0.4) is 0 Å². The summed E-state index contributed by atoms with van der Waals surface area (Å²) in [5.41, 5.74) is -0.00971. The Labute approximate surface area is 193 Å². The van der Waals surface area contributed by atoms with E-state index in [9.17, 15) is 24.8 Å². The van der Waals surface area contributed by atoms with Crippen molar-refractivity contribution in [3.05, 3.63) is 99.1 Å². The lowest BCUT2D eigenvalue weighted by Gasteiger charge is -2.25. The summed E-state index contributed by atoms with van der Waals surface area (Å²) < 4.78 is 1.82. The third kappa shape index (κ3) is 4.35. The molecule has 0 aliphatic carbocycles. The molecule has 10 heteroatoms. The van der Waals surface area contributed by atoms with Gasteiger partial charge in [0.1, 0.15) is 5.76 Å². The van der Waals surface area contributed by atoms with Crippen LogP contribution in [-0.4, -0.2) is 42.7 Å². The van der Waals surface area contributed by atoms with Crippen molar-refractivity contribution < 1.29 is 19.6 Å². The number of para-hydroxylation sites is 1. The van der Waals surface area contributed by atoms with Gasteiger partial charge in [0.15, 0.2) is 0 Å². The number of aliphatic hydroxyl groups is 1. The average molecular weight is 467 g/mol. The SMILES string of the molecule is O=C1C(=O)N(CCCn2ccnc2)C(c2ccccc2[N+](=O)[O-])/C1=C(\O)c1ccc(Cl)cc1. The third-order valence-electron chi connectivity index (χ3n) is 5.46. The van der Waals surface area contributed by atoms with Gasteiger partial charge in [0.05, 0.1) is 28.4 Å². The number of Topliss-reactive ketones (excluding diaryl/α,β-unsaturated/α-hetero) is 1. The molecule has 0 bridgehead atoms. The van der Waals surface area contributed by atoms with Gasteiger partial charge in [-0.3, -0.25) is 19.7 Å². The van der Waals surface area contributed by atoms with Gasteiger partial charge in [-0.05, 0) is 36.8 Å². The number of ketones is 1. The molecule has 1 atom stereocenters. The second kappa shape index (κ2) is 9.25. The van der Waals surface area contributed by atoms with E-state index in [0.717, 1.165) is 0 Å². The summed E-state index contributed by atoms with van der Waals surface area (Å²) in [4.78, 5) is 42.4. The van der Waals surface area contributed by atoms with E-state index in [0.29, 0.717) is 18.0 Å².